The van der Waals surface area contributed by atoms with Crippen molar-refractivity contribution in [3.63, 3.8) is 0 Å². The molecule has 2 aromatic rings. The van der Waals surface area contributed by atoms with E-state index < -0.39 is 5.60 Å². The highest BCUT2D eigenvalue weighted by Gasteiger charge is 2.19. The van der Waals surface area contributed by atoms with Crippen LogP contribution in [0.3, 0.4) is 0 Å². The van der Waals surface area contributed by atoms with Gasteiger partial charge in [0.25, 0.3) is 0 Å². The van der Waals surface area contributed by atoms with Crippen molar-refractivity contribution in [3.05, 3.63) is 47.3 Å². The Balaban J connectivity index is 2.11. The summed E-state index contributed by atoms with van der Waals surface area (Å²) in [5.41, 5.74) is 2.15. The molecule has 0 saturated heterocycles. The van der Waals surface area contributed by atoms with E-state index in [4.69, 9.17) is 0 Å². The highest BCUT2D eigenvalue weighted by atomic mass is 16.3. The Kier molecular flexibility index (Phi) is 3.71. The zero-order valence-corrected chi connectivity index (χ0v) is 12.0. The lowest BCUT2D eigenvalue weighted by molar-refractivity contribution is 0.0737. The van der Waals surface area contributed by atoms with Gasteiger partial charge in [0, 0.05) is 0 Å². The van der Waals surface area contributed by atoms with Crippen LogP contribution < -0.4 is 0 Å². The quantitative estimate of drug-likeness (QED) is 0.918. The van der Waals surface area contributed by atoms with E-state index in [2.05, 4.69) is 48.4 Å². The molecule has 0 amide bonds. The standard InChI is InChI=1S/C15H21N3O/c1-11(2)13-7-5-12(6-8-13)9-18-10-14(16-17-18)15(3,4)19/h5-8,10-11,19H,9H2,1-4H3. The fraction of sp³-hybridized carbons (Fsp3) is 0.467. The van der Waals surface area contributed by atoms with Gasteiger partial charge in [0.05, 0.1) is 12.7 Å². The van der Waals surface area contributed by atoms with E-state index in [1.807, 2.05) is 0 Å². The van der Waals surface area contributed by atoms with Gasteiger partial charge >= 0.3 is 0 Å². The van der Waals surface area contributed by atoms with Crippen LogP contribution in [-0.4, -0.2) is 20.1 Å². The maximum absolute atomic E-state index is 9.85. The molecule has 4 heteroatoms. The number of rotatable bonds is 4. The first kappa shape index (κ1) is 13.7. The summed E-state index contributed by atoms with van der Waals surface area (Å²) in [7, 11) is 0. The number of nitrogens with zero attached hydrogens (tertiary/aromatic N) is 3. The van der Waals surface area contributed by atoms with Crippen LogP contribution in [0, 0.1) is 0 Å². The number of hydrogen-bond donors (Lipinski definition) is 1. The van der Waals surface area contributed by atoms with E-state index >= 15 is 0 Å². The summed E-state index contributed by atoms with van der Waals surface area (Å²) in [5, 5.41) is 17.9. The first-order valence-corrected chi connectivity index (χ1v) is 6.58. The molecule has 0 aliphatic heterocycles. The molecule has 0 unspecified atom stereocenters. The van der Waals surface area contributed by atoms with Gasteiger partial charge in [-0.25, -0.2) is 4.68 Å². The molecular weight excluding hydrogens is 238 g/mol. The van der Waals surface area contributed by atoms with Crippen molar-refractivity contribution < 1.29 is 5.11 Å². The second-order valence-corrected chi connectivity index (χ2v) is 5.76. The van der Waals surface area contributed by atoms with Crippen molar-refractivity contribution in [2.24, 2.45) is 0 Å². The van der Waals surface area contributed by atoms with Gasteiger partial charge < -0.3 is 5.11 Å². The Morgan fingerprint density at radius 3 is 2.32 bits per heavy atom. The summed E-state index contributed by atoms with van der Waals surface area (Å²) < 4.78 is 1.75. The van der Waals surface area contributed by atoms with Gasteiger partial charge in [-0.3, -0.25) is 0 Å². The van der Waals surface area contributed by atoms with Crippen molar-refractivity contribution >= 4 is 0 Å². The molecule has 1 N–H and O–H groups in total. The fourth-order valence-electron chi connectivity index (χ4n) is 1.85. The molecule has 0 saturated carbocycles. The van der Waals surface area contributed by atoms with E-state index in [0.29, 0.717) is 18.2 Å². The van der Waals surface area contributed by atoms with Crippen LogP contribution in [0.15, 0.2) is 30.5 Å². The monoisotopic (exact) mass is 259 g/mol. The van der Waals surface area contributed by atoms with Crippen molar-refractivity contribution in [3.8, 4) is 0 Å². The maximum Gasteiger partial charge on any atom is 0.114 e. The minimum absolute atomic E-state index is 0.544. The van der Waals surface area contributed by atoms with Crippen molar-refractivity contribution in [2.75, 3.05) is 0 Å². The van der Waals surface area contributed by atoms with Gasteiger partial charge in [-0.05, 0) is 30.9 Å². The summed E-state index contributed by atoms with van der Waals surface area (Å²) >= 11 is 0. The Hall–Kier alpha value is -1.68. The predicted octanol–water partition coefficient (Wildman–Crippen LogP) is 2.68. The Morgan fingerprint density at radius 2 is 1.84 bits per heavy atom. The normalized spacial score (nSPS) is 12.1. The predicted molar refractivity (Wildman–Crippen MR) is 74.9 cm³/mol. The molecule has 4 nitrogen and oxygen atoms in total. The number of aromatic nitrogens is 3. The zero-order chi connectivity index (χ0) is 14.0. The minimum atomic E-state index is -0.945. The highest BCUT2D eigenvalue weighted by Crippen LogP contribution is 2.17. The summed E-state index contributed by atoms with van der Waals surface area (Å²) in [6.07, 6.45) is 1.79. The number of benzene rings is 1. The number of hydrogen-bond acceptors (Lipinski definition) is 3. The van der Waals surface area contributed by atoms with Gasteiger partial charge in [0.15, 0.2) is 0 Å². The third kappa shape index (κ3) is 3.41. The third-order valence-electron chi connectivity index (χ3n) is 3.16. The zero-order valence-electron chi connectivity index (χ0n) is 12.0. The average molecular weight is 259 g/mol. The molecule has 102 valence electrons. The molecule has 0 atom stereocenters. The van der Waals surface area contributed by atoms with Gasteiger partial charge in [-0.15, -0.1) is 5.10 Å². The molecule has 1 heterocycles. The van der Waals surface area contributed by atoms with Gasteiger partial charge in [0.1, 0.15) is 11.3 Å². The molecule has 0 radical (unpaired) electrons. The SMILES string of the molecule is CC(C)c1ccc(Cn2cc(C(C)(C)O)nn2)cc1. The largest absolute Gasteiger partial charge is 0.384 e. The second kappa shape index (κ2) is 5.13. The average Bonchev–Trinajstić information content (AvgIpc) is 2.78. The second-order valence-electron chi connectivity index (χ2n) is 5.76. The van der Waals surface area contributed by atoms with Crippen LogP contribution in [0.25, 0.3) is 0 Å². The molecule has 2 rings (SSSR count). The first-order chi connectivity index (χ1) is 8.86. The molecule has 0 bridgehead atoms. The van der Waals surface area contributed by atoms with E-state index in [-0.39, 0.29) is 0 Å². The molecule has 1 aromatic carbocycles. The van der Waals surface area contributed by atoms with Crippen molar-refractivity contribution in [1.82, 2.24) is 15.0 Å². The van der Waals surface area contributed by atoms with E-state index in [0.717, 1.165) is 0 Å². The molecular formula is C15H21N3O. The number of aliphatic hydroxyl groups is 1. The fourth-order valence-corrected chi connectivity index (χ4v) is 1.85. The van der Waals surface area contributed by atoms with Crippen LogP contribution in [0.4, 0.5) is 0 Å². The molecule has 0 spiro atoms. The van der Waals surface area contributed by atoms with Crippen molar-refractivity contribution in [2.45, 2.75) is 45.8 Å². The van der Waals surface area contributed by atoms with Crippen LogP contribution in [-0.2, 0) is 12.1 Å². The molecule has 0 fully saturated rings. The van der Waals surface area contributed by atoms with Crippen molar-refractivity contribution in [1.29, 1.82) is 0 Å². The van der Waals surface area contributed by atoms with Crippen LogP contribution in [0.2, 0.25) is 0 Å². The molecule has 1 aromatic heterocycles. The Labute approximate surface area is 114 Å². The minimum Gasteiger partial charge on any atom is -0.384 e. The highest BCUT2D eigenvalue weighted by molar-refractivity contribution is 5.24. The molecule has 19 heavy (non-hydrogen) atoms. The Morgan fingerprint density at radius 1 is 1.21 bits per heavy atom. The van der Waals surface area contributed by atoms with Gasteiger partial charge in [-0.1, -0.05) is 43.3 Å². The topological polar surface area (TPSA) is 50.9 Å². The first-order valence-electron chi connectivity index (χ1n) is 6.58. The maximum atomic E-state index is 9.85. The lowest BCUT2D eigenvalue weighted by atomic mass is 10.0. The smallest absolute Gasteiger partial charge is 0.114 e. The van der Waals surface area contributed by atoms with E-state index in [1.165, 1.54) is 11.1 Å². The van der Waals surface area contributed by atoms with E-state index in [1.54, 1.807) is 24.7 Å². The van der Waals surface area contributed by atoms with Crippen LogP contribution in [0.1, 0.15) is 50.4 Å². The summed E-state index contributed by atoms with van der Waals surface area (Å²) in [6.45, 7) is 8.45. The van der Waals surface area contributed by atoms with Gasteiger partial charge in [-0.2, -0.15) is 0 Å². The van der Waals surface area contributed by atoms with Gasteiger partial charge in [0.2, 0.25) is 0 Å². The summed E-state index contributed by atoms with van der Waals surface area (Å²) in [6, 6.07) is 8.52. The molecule has 0 aliphatic carbocycles. The van der Waals surface area contributed by atoms with Crippen LogP contribution in [0.5, 0.6) is 0 Å². The van der Waals surface area contributed by atoms with E-state index in [9.17, 15) is 5.11 Å². The lowest BCUT2D eigenvalue weighted by Gasteiger charge is -2.11. The lowest BCUT2D eigenvalue weighted by Crippen LogP contribution is -2.15. The Bertz CT molecular complexity index is 535. The van der Waals surface area contributed by atoms with Crippen LogP contribution >= 0.6 is 0 Å². The molecule has 0 aliphatic rings. The third-order valence-corrected chi connectivity index (χ3v) is 3.16. The summed E-state index contributed by atoms with van der Waals surface area (Å²) in [5.74, 6) is 0.544. The summed E-state index contributed by atoms with van der Waals surface area (Å²) in [4.78, 5) is 0.